The SMILES string of the molecule is CCc1ocnc1C(=O)NC[C@H](c1cccnc1)N1CCCCC1. The maximum Gasteiger partial charge on any atom is 0.273 e. The Morgan fingerprint density at radius 1 is 1.38 bits per heavy atom. The molecule has 0 saturated carbocycles. The fourth-order valence-electron chi connectivity index (χ4n) is 3.24. The minimum absolute atomic E-state index is 0.139. The number of hydrogen-bond acceptors (Lipinski definition) is 5. The van der Waals surface area contributed by atoms with Gasteiger partial charge in [0.25, 0.3) is 5.91 Å². The van der Waals surface area contributed by atoms with Crippen LogP contribution in [-0.2, 0) is 6.42 Å². The second kappa shape index (κ2) is 8.06. The lowest BCUT2D eigenvalue weighted by atomic mass is 10.0. The van der Waals surface area contributed by atoms with Crippen molar-refractivity contribution in [3.63, 3.8) is 0 Å². The van der Waals surface area contributed by atoms with Gasteiger partial charge in [0.15, 0.2) is 12.1 Å². The van der Waals surface area contributed by atoms with Gasteiger partial charge in [-0.05, 0) is 37.6 Å². The number of carbonyl (C=O) groups is 1. The topological polar surface area (TPSA) is 71.3 Å². The van der Waals surface area contributed by atoms with Crippen LogP contribution in [-0.4, -0.2) is 40.4 Å². The van der Waals surface area contributed by atoms with Crippen molar-refractivity contribution < 1.29 is 9.21 Å². The van der Waals surface area contributed by atoms with Crippen molar-refractivity contribution in [3.05, 3.63) is 47.9 Å². The summed E-state index contributed by atoms with van der Waals surface area (Å²) in [6, 6.07) is 4.16. The number of nitrogens with zero attached hydrogens (tertiary/aromatic N) is 3. The molecule has 2 aromatic rings. The van der Waals surface area contributed by atoms with Crippen LogP contribution in [0.3, 0.4) is 0 Å². The van der Waals surface area contributed by atoms with Gasteiger partial charge in [0, 0.05) is 25.4 Å². The molecule has 2 aromatic heterocycles. The third kappa shape index (κ3) is 3.82. The van der Waals surface area contributed by atoms with Crippen molar-refractivity contribution in [1.29, 1.82) is 0 Å². The first kappa shape index (κ1) is 16.6. The van der Waals surface area contributed by atoms with E-state index in [1.165, 1.54) is 25.7 Å². The fourth-order valence-corrected chi connectivity index (χ4v) is 3.24. The highest BCUT2D eigenvalue weighted by Gasteiger charge is 2.24. The molecule has 6 nitrogen and oxygen atoms in total. The fraction of sp³-hybridized carbons (Fsp3) is 0.500. The average Bonchev–Trinajstić information content (AvgIpc) is 3.12. The Hall–Kier alpha value is -2.21. The number of carbonyl (C=O) groups excluding carboxylic acids is 1. The molecule has 1 atom stereocenters. The molecule has 1 fully saturated rings. The van der Waals surface area contributed by atoms with Gasteiger partial charge in [-0.3, -0.25) is 14.7 Å². The molecular formula is C18H24N4O2. The van der Waals surface area contributed by atoms with Crippen molar-refractivity contribution in [2.45, 2.75) is 38.6 Å². The normalized spacial score (nSPS) is 16.7. The minimum Gasteiger partial charge on any atom is -0.448 e. The van der Waals surface area contributed by atoms with Gasteiger partial charge in [-0.25, -0.2) is 4.98 Å². The highest BCUT2D eigenvalue weighted by Crippen LogP contribution is 2.23. The molecule has 1 aliphatic heterocycles. The molecule has 1 N–H and O–H groups in total. The summed E-state index contributed by atoms with van der Waals surface area (Å²) in [6.07, 6.45) is 9.33. The van der Waals surface area contributed by atoms with E-state index in [4.69, 9.17) is 4.42 Å². The molecule has 6 heteroatoms. The first-order valence-electron chi connectivity index (χ1n) is 8.64. The molecule has 0 aliphatic carbocycles. The van der Waals surface area contributed by atoms with Gasteiger partial charge >= 0.3 is 0 Å². The largest absolute Gasteiger partial charge is 0.448 e. The predicted molar refractivity (Wildman–Crippen MR) is 90.6 cm³/mol. The molecule has 1 saturated heterocycles. The lowest BCUT2D eigenvalue weighted by Gasteiger charge is -2.34. The molecule has 0 unspecified atom stereocenters. The van der Waals surface area contributed by atoms with Crippen LogP contribution in [0.2, 0.25) is 0 Å². The van der Waals surface area contributed by atoms with Crippen LogP contribution < -0.4 is 5.32 Å². The van der Waals surface area contributed by atoms with Gasteiger partial charge in [0.05, 0.1) is 6.04 Å². The maximum absolute atomic E-state index is 12.4. The van der Waals surface area contributed by atoms with Gasteiger partial charge < -0.3 is 9.73 Å². The van der Waals surface area contributed by atoms with E-state index in [-0.39, 0.29) is 11.9 Å². The summed E-state index contributed by atoms with van der Waals surface area (Å²) >= 11 is 0. The van der Waals surface area contributed by atoms with Crippen LogP contribution in [0.1, 0.15) is 54.0 Å². The maximum atomic E-state index is 12.4. The summed E-state index contributed by atoms with van der Waals surface area (Å²) in [5.41, 5.74) is 1.52. The molecule has 24 heavy (non-hydrogen) atoms. The van der Waals surface area contributed by atoms with E-state index < -0.39 is 0 Å². The van der Waals surface area contributed by atoms with Gasteiger partial charge in [-0.15, -0.1) is 0 Å². The second-order valence-corrected chi connectivity index (χ2v) is 6.09. The quantitative estimate of drug-likeness (QED) is 0.882. The van der Waals surface area contributed by atoms with Crippen LogP contribution in [0.5, 0.6) is 0 Å². The summed E-state index contributed by atoms with van der Waals surface area (Å²) in [6.45, 7) is 4.60. The van der Waals surface area contributed by atoms with Crippen LogP contribution in [0.25, 0.3) is 0 Å². The van der Waals surface area contributed by atoms with Crippen LogP contribution in [0.15, 0.2) is 35.3 Å². The van der Waals surface area contributed by atoms with Crippen LogP contribution in [0.4, 0.5) is 0 Å². The molecular weight excluding hydrogens is 304 g/mol. The number of nitrogens with one attached hydrogen (secondary N) is 1. The summed E-state index contributed by atoms with van der Waals surface area (Å²) < 4.78 is 5.25. The molecule has 3 heterocycles. The third-order valence-electron chi connectivity index (χ3n) is 4.53. The van der Waals surface area contributed by atoms with Crippen molar-refractivity contribution in [3.8, 4) is 0 Å². The predicted octanol–water partition coefficient (Wildman–Crippen LogP) is 2.59. The summed E-state index contributed by atoms with van der Waals surface area (Å²) in [5, 5.41) is 3.02. The van der Waals surface area contributed by atoms with E-state index in [0.29, 0.717) is 24.4 Å². The zero-order valence-corrected chi connectivity index (χ0v) is 14.1. The second-order valence-electron chi connectivity index (χ2n) is 6.09. The Kier molecular flexibility index (Phi) is 5.59. The van der Waals surface area contributed by atoms with Gasteiger partial charge in [0.2, 0.25) is 0 Å². The lowest BCUT2D eigenvalue weighted by Crippen LogP contribution is -2.40. The van der Waals surface area contributed by atoms with E-state index in [2.05, 4.69) is 26.3 Å². The van der Waals surface area contributed by atoms with E-state index in [1.54, 1.807) is 6.20 Å². The number of piperidine rings is 1. The highest BCUT2D eigenvalue weighted by atomic mass is 16.3. The van der Waals surface area contributed by atoms with Gasteiger partial charge in [-0.1, -0.05) is 19.4 Å². The first-order valence-corrected chi connectivity index (χ1v) is 8.64. The Morgan fingerprint density at radius 3 is 2.92 bits per heavy atom. The van der Waals surface area contributed by atoms with Crippen molar-refractivity contribution in [1.82, 2.24) is 20.2 Å². The summed E-state index contributed by atoms with van der Waals surface area (Å²) in [5.74, 6) is 0.454. The monoisotopic (exact) mass is 328 g/mol. The number of aromatic nitrogens is 2. The Bertz CT molecular complexity index is 650. The molecule has 0 aromatic carbocycles. The lowest BCUT2D eigenvalue weighted by molar-refractivity contribution is 0.0918. The smallest absolute Gasteiger partial charge is 0.273 e. The van der Waals surface area contributed by atoms with Crippen LogP contribution >= 0.6 is 0 Å². The molecule has 1 aliphatic rings. The van der Waals surface area contributed by atoms with E-state index in [0.717, 1.165) is 18.7 Å². The summed E-state index contributed by atoms with van der Waals surface area (Å²) in [4.78, 5) is 23.2. The van der Waals surface area contributed by atoms with Gasteiger partial charge in [-0.2, -0.15) is 0 Å². The highest BCUT2D eigenvalue weighted by molar-refractivity contribution is 5.93. The number of likely N-dealkylation sites (tertiary alicyclic amines) is 1. The number of hydrogen-bond donors (Lipinski definition) is 1. The third-order valence-corrected chi connectivity index (χ3v) is 4.53. The number of rotatable bonds is 6. The van der Waals surface area contributed by atoms with Crippen molar-refractivity contribution in [2.75, 3.05) is 19.6 Å². The van der Waals surface area contributed by atoms with Crippen LogP contribution in [0, 0.1) is 0 Å². The Balaban J connectivity index is 1.71. The van der Waals surface area contributed by atoms with E-state index >= 15 is 0 Å². The van der Waals surface area contributed by atoms with Crippen molar-refractivity contribution >= 4 is 5.91 Å². The molecule has 0 spiro atoms. The molecule has 0 radical (unpaired) electrons. The number of aryl methyl sites for hydroxylation is 1. The Labute approximate surface area is 142 Å². The number of oxazole rings is 1. The molecule has 3 rings (SSSR count). The van der Waals surface area contributed by atoms with Crippen molar-refractivity contribution in [2.24, 2.45) is 0 Å². The first-order chi connectivity index (χ1) is 11.8. The molecule has 1 amide bonds. The minimum atomic E-state index is -0.175. The number of pyridine rings is 1. The van der Waals surface area contributed by atoms with E-state index in [1.807, 2.05) is 19.2 Å². The Morgan fingerprint density at radius 2 is 2.21 bits per heavy atom. The van der Waals surface area contributed by atoms with E-state index in [9.17, 15) is 4.79 Å². The average molecular weight is 328 g/mol. The summed E-state index contributed by atoms with van der Waals surface area (Å²) in [7, 11) is 0. The van der Waals surface area contributed by atoms with Gasteiger partial charge in [0.1, 0.15) is 5.76 Å². The number of amides is 1. The standard InChI is InChI=1S/C18H24N4O2/c1-2-16-17(21-13-24-16)18(23)20-12-15(14-7-6-8-19-11-14)22-9-4-3-5-10-22/h6-8,11,13,15H,2-5,9-10,12H2,1H3,(H,20,23)/t15-/m1/s1. The molecule has 128 valence electrons. The molecule has 0 bridgehead atoms. The zero-order chi connectivity index (χ0) is 16.8. The zero-order valence-electron chi connectivity index (χ0n) is 14.1.